The van der Waals surface area contributed by atoms with E-state index in [2.05, 4.69) is 0 Å². The zero-order valence-electron chi connectivity index (χ0n) is 11.5. The predicted octanol–water partition coefficient (Wildman–Crippen LogP) is 1.37. The Balaban J connectivity index is 1.58. The molecule has 0 aromatic heterocycles. The predicted molar refractivity (Wildman–Crippen MR) is 73.7 cm³/mol. The second-order valence-electron chi connectivity index (χ2n) is 5.66. The lowest BCUT2D eigenvalue weighted by Gasteiger charge is -2.44. The van der Waals surface area contributed by atoms with E-state index in [1.165, 1.54) is 4.90 Å². The number of nitrogens with zero attached hydrogens (tertiary/aromatic N) is 1. The fourth-order valence-corrected chi connectivity index (χ4v) is 3.48. The molecule has 2 saturated heterocycles. The molecule has 1 amide bonds. The summed E-state index contributed by atoms with van der Waals surface area (Å²) >= 11 is 0. The van der Waals surface area contributed by atoms with Crippen molar-refractivity contribution in [1.82, 2.24) is 4.90 Å². The zero-order chi connectivity index (χ0) is 15.3. The highest BCUT2D eigenvalue weighted by molar-refractivity contribution is 5.98. The molecule has 112 valence electrons. The van der Waals surface area contributed by atoms with E-state index in [0.717, 1.165) is 0 Å². The van der Waals surface area contributed by atoms with Gasteiger partial charge in [0.25, 0.3) is 0 Å². The molecule has 2 bridgehead atoms. The van der Waals surface area contributed by atoms with Crippen LogP contribution in [0.1, 0.15) is 0 Å². The maximum atomic E-state index is 12.4. The van der Waals surface area contributed by atoms with Crippen molar-refractivity contribution in [3.05, 3.63) is 42.5 Å². The molecule has 4 aliphatic rings. The Hall–Kier alpha value is -2.63. The first kappa shape index (κ1) is 13.1. The van der Waals surface area contributed by atoms with Crippen molar-refractivity contribution >= 4 is 18.0 Å². The number of carbonyl (C=O) groups is 3. The molecular weight excluding hydrogens is 286 g/mol. The van der Waals surface area contributed by atoms with Gasteiger partial charge in [-0.05, 0) is 12.1 Å². The third kappa shape index (κ3) is 1.83. The lowest BCUT2D eigenvalue weighted by Crippen LogP contribution is -2.58. The van der Waals surface area contributed by atoms with Gasteiger partial charge in [-0.3, -0.25) is 14.5 Å². The minimum absolute atomic E-state index is 0.197. The number of hydrogen-bond acceptors (Lipinski definition) is 5. The number of rotatable bonds is 1. The van der Waals surface area contributed by atoms with E-state index in [1.54, 1.807) is 30.3 Å². The normalized spacial score (nSPS) is 31.9. The molecule has 5 rings (SSSR count). The molecule has 0 spiro atoms. The first-order chi connectivity index (χ1) is 10.6. The Bertz CT molecular complexity index is 683. The van der Waals surface area contributed by atoms with Crippen molar-refractivity contribution in [2.24, 2.45) is 17.8 Å². The van der Waals surface area contributed by atoms with Gasteiger partial charge < -0.3 is 9.47 Å². The summed E-state index contributed by atoms with van der Waals surface area (Å²) in [5, 5.41) is 0. The topological polar surface area (TPSA) is 72.9 Å². The van der Waals surface area contributed by atoms with E-state index in [4.69, 9.17) is 9.47 Å². The Labute approximate surface area is 126 Å². The largest absolute Gasteiger partial charge is 0.415 e. The van der Waals surface area contributed by atoms with E-state index in [0.29, 0.717) is 12.3 Å². The monoisotopic (exact) mass is 299 g/mol. The molecule has 1 aliphatic carbocycles. The van der Waals surface area contributed by atoms with Crippen LogP contribution in [-0.2, 0) is 14.3 Å². The van der Waals surface area contributed by atoms with Crippen LogP contribution in [0, 0.1) is 17.8 Å². The minimum atomic E-state index is -0.612. The fraction of sp³-hybridized carbons (Fsp3) is 0.312. The number of ether oxygens (including phenoxy) is 2. The number of hydrogen-bond donors (Lipinski definition) is 0. The van der Waals surface area contributed by atoms with E-state index < -0.39 is 35.9 Å². The SMILES string of the molecule is O=C1OC(=O)[C@H]2[C@@H]1[C@H]1C=C[C@@H]2CN1C(=O)Oc1ccccc1. The highest BCUT2D eigenvalue weighted by Crippen LogP contribution is 2.44. The molecule has 3 heterocycles. The Kier molecular flexibility index (Phi) is 2.79. The van der Waals surface area contributed by atoms with Crippen molar-refractivity contribution in [2.45, 2.75) is 6.04 Å². The second-order valence-corrected chi connectivity index (χ2v) is 5.66. The van der Waals surface area contributed by atoms with Crippen LogP contribution >= 0.6 is 0 Å². The molecule has 0 unspecified atom stereocenters. The minimum Gasteiger partial charge on any atom is -0.410 e. The lowest BCUT2D eigenvalue weighted by molar-refractivity contribution is -0.153. The number of carbonyl (C=O) groups excluding carboxylic acids is 3. The number of fused-ring (bicyclic) bond motifs is 1. The number of benzene rings is 1. The number of para-hydroxylation sites is 1. The van der Waals surface area contributed by atoms with E-state index in [1.807, 2.05) is 12.1 Å². The summed E-state index contributed by atoms with van der Waals surface area (Å²) < 4.78 is 10.1. The number of cyclic esters (lactones) is 2. The molecule has 6 nitrogen and oxygen atoms in total. The highest BCUT2D eigenvalue weighted by Gasteiger charge is 2.58. The molecule has 1 aromatic carbocycles. The smallest absolute Gasteiger partial charge is 0.410 e. The van der Waals surface area contributed by atoms with Crippen LogP contribution in [0.5, 0.6) is 5.75 Å². The second kappa shape index (κ2) is 4.69. The van der Waals surface area contributed by atoms with Gasteiger partial charge in [0.2, 0.25) is 0 Å². The van der Waals surface area contributed by atoms with Gasteiger partial charge in [-0.2, -0.15) is 0 Å². The maximum absolute atomic E-state index is 12.4. The molecular formula is C16H13NO5. The average molecular weight is 299 g/mol. The fourth-order valence-electron chi connectivity index (χ4n) is 3.48. The van der Waals surface area contributed by atoms with Gasteiger partial charge in [-0.1, -0.05) is 30.4 Å². The van der Waals surface area contributed by atoms with Crippen LogP contribution in [0.15, 0.2) is 42.5 Å². The summed E-state index contributed by atoms with van der Waals surface area (Å²) in [5.74, 6) is -1.86. The first-order valence-electron chi connectivity index (χ1n) is 7.12. The van der Waals surface area contributed by atoms with Gasteiger partial charge in [0, 0.05) is 12.5 Å². The van der Waals surface area contributed by atoms with Crippen molar-refractivity contribution in [3.8, 4) is 5.75 Å². The van der Waals surface area contributed by atoms with Gasteiger partial charge in [0.1, 0.15) is 5.75 Å². The van der Waals surface area contributed by atoms with Crippen LogP contribution in [0.4, 0.5) is 4.79 Å². The van der Waals surface area contributed by atoms with E-state index in [-0.39, 0.29) is 5.92 Å². The summed E-state index contributed by atoms with van der Waals surface area (Å²) in [5.41, 5.74) is 0. The third-order valence-electron chi connectivity index (χ3n) is 4.47. The molecule has 0 saturated carbocycles. The highest BCUT2D eigenvalue weighted by atomic mass is 16.6. The first-order valence-corrected chi connectivity index (χ1v) is 7.12. The van der Waals surface area contributed by atoms with Crippen LogP contribution in [-0.4, -0.2) is 35.5 Å². The van der Waals surface area contributed by atoms with Crippen molar-refractivity contribution in [3.63, 3.8) is 0 Å². The quantitative estimate of drug-likeness (QED) is 0.445. The van der Waals surface area contributed by atoms with Gasteiger partial charge in [-0.25, -0.2) is 4.79 Å². The van der Waals surface area contributed by atoms with Crippen LogP contribution in [0.3, 0.4) is 0 Å². The van der Waals surface area contributed by atoms with Gasteiger partial charge in [-0.15, -0.1) is 0 Å². The van der Waals surface area contributed by atoms with E-state index in [9.17, 15) is 14.4 Å². The summed E-state index contributed by atoms with van der Waals surface area (Å²) in [6.45, 7) is 0.358. The summed E-state index contributed by atoms with van der Waals surface area (Å²) in [7, 11) is 0. The standard InChI is InChI=1S/C16H13NO5/c18-14-12-9-6-7-11(13(12)15(19)22-14)17(8-9)16(20)21-10-4-2-1-3-5-10/h1-7,9,11-13H,8H2/t9-,11-,12-,13+/m1/s1. The third-order valence-corrected chi connectivity index (χ3v) is 4.47. The maximum Gasteiger partial charge on any atom is 0.415 e. The molecule has 3 aliphatic heterocycles. The average Bonchev–Trinajstić information content (AvgIpc) is 2.86. The molecule has 0 N–H and O–H groups in total. The lowest BCUT2D eigenvalue weighted by atomic mass is 9.70. The Morgan fingerprint density at radius 2 is 1.82 bits per heavy atom. The number of amides is 1. The van der Waals surface area contributed by atoms with Crippen LogP contribution in [0.2, 0.25) is 0 Å². The molecule has 6 heteroatoms. The van der Waals surface area contributed by atoms with Crippen molar-refractivity contribution < 1.29 is 23.9 Å². The Morgan fingerprint density at radius 3 is 2.59 bits per heavy atom. The van der Waals surface area contributed by atoms with Crippen molar-refractivity contribution in [1.29, 1.82) is 0 Å². The van der Waals surface area contributed by atoms with Gasteiger partial charge in [0.05, 0.1) is 17.9 Å². The summed E-state index contributed by atoms with van der Waals surface area (Å²) in [6, 6.07) is 8.26. The van der Waals surface area contributed by atoms with E-state index >= 15 is 0 Å². The molecule has 2 fully saturated rings. The summed E-state index contributed by atoms with van der Waals surface area (Å²) in [4.78, 5) is 37.5. The van der Waals surface area contributed by atoms with Gasteiger partial charge in [0.15, 0.2) is 0 Å². The zero-order valence-corrected chi connectivity index (χ0v) is 11.5. The number of piperidine rings is 1. The molecule has 4 atom stereocenters. The van der Waals surface area contributed by atoms with Crippen LogP contribution in [0.25, 0.3) is 0 Å². The molecule has 0 radical (unpaired) electrons. The summed E-state index contributed by atoms with van der Waals surface area (Å²) in [6.07, 6.45) is 3.16. The number of esters is 2. The Morgan fingerprint density at radius 1 is 1.09 bits per heavy atom. The van der Waals surface area contributed by atoms with Gasteiger partial charge >= 0.3 is 18.0 Å². The van der Waals surface area contributed by atoms with Crippen molar-refractivity contribution in [2.75, 3.05) is 6.54 Å². The molecule has 1 aromatic rings. The molecule has 22 heavy (non-hydrogen) atoms. The van der Waals surface area contributed by atoms with Crippen LogP contribution < -0.4 is 4.74 Å².